The zero-order valence-electron chi connectivity index (χ0n) is 10.7. The van der Waals surface area contributed by atoms with Crippen LogP contribution >= 0.6 is 0 Å². The predicted molar refractivity (Wildman–Crippen MR) is 71.9 cm³/mol. The molecule has 0 spiro atoms. The lowest BCUT2D eigenvalue weighted by molar-refractivity contribution is 0.409. The molecule has 0 heterocycles. The Bertz CT molecular complexity index is 390. The largest absolute Gasteiger partial charge is 0.324 e. The summed E-state index contributed by atoms with van der Waals surface area (Å²) < 4.78 is 0. The third kappa shape index (κ3) is 2.26. The second-order valence-electron chi connectivity index (χ2n) is 6.02. The molecule has 0 aromatic heterocycles. The highest BCUT2D eigenvalue weighted by Gasteiger charge is 2.32. The van der Waals surface area contributed by atoms with E-state index in [0.29, 0.717) is 5.92 Å². The van der Waals surface area contributed by atoms with E-state index < -0.39 is 0 Å². The lowest BCUT2D eigenvalue weighted by Gasteiger charge is -2.27. The molecular weight excluding hydrogens is 206 g/mol. The third-order valence-corrected chi connectivity index (χ3v) is 4.80. The molecule has 2 unspecified atom stereocenters. The van der Waals surface area contributed by atoms with Gasteiger partial charge in [0.25, 0.3) is 0 Å². The van der Waals surface area contributed by atoms with Crippen molar-refractivity contribution in [2.75, 3.05) is 0 Å². The van der Waals surface area contributed by atoms with Gasteiger partial charge in [0.15, 0.2) is 0 Å². The Morgan fingerprint density at radius 1 is 1.18 bits per heavy atom. The van der Waals surface area contributed by atoms with Gasteiger partial charge in [-0.05, 0) is 54.6 Å². The average molecular weight is 229 g/mol. The highest BCUT2D eigenvalue weighted by molar-refractivity contribution is 5.30. The molecule has 1 aromatic carbocycles. The van der Waals surface area contributed by atoms with Crippen LogP contribution in [0.25, 0.3) is 0 Å². The summed E-state index contributed by atoms with van der Waals surface area (Å²) in [6.45, 7) is 2.32. The number of hydrogen-bond donors (Lipinski definition) is 1. The molecule has 2 aliphatic carbocycles. The molecule has 2 atom stereocenters. The van der Waals surface area contributed by atoms with Gasteiger partial charge in [0.2, 0.25) is 0 Å². The second kappa shape index (κ2) is 4.45. The van der Waals surface area contributed by atoms with E-state index in [2.05, 4.69) is 31.2 Å². The van der Waals surface area contributed by atoms with Gasteiger partial charge in [0.05, 0.1) is 0 Å². The number of nitrogens with two attached hydrogens (primary N) is 1. The van der Waals surface area contributed by atoms with Gasteiger partial charge in [-0.25, -0.2) is 0 Å². The van der Waals surface area contributed by atoms with Crippen LogP contribution in [0.5, 0.6) is 0 Å². The monoisotopic (exact) mass is 229 g/mol. The Kier molecular flexibility index (Phi) is 2.96. The molecule has 3 rings (SSSR count). The van der Waals surface area contributed by atoms with Gasteiger partial charge < -0.3 is 5.73 Å². The van der Waals surface area contributed by atoms with Crippen LogP contribution in [0.2, 0.25) is 0 Å². The van der Waals surface area contributed by atoms with E-state index in [0.717, 1.165) is 11.8 Å². The lowest BCUT2D eigenvalue weighted by Crippen LogP contribution is -2.21. The third-order valence-electron chi connectivity index (χ3n) is 4.80. The van der Waals surface area contributed by atoms with Gasteiger partial charge >= 0.3 is 0 Å². The molecule has 17 heavy (non-hydrogen) atoms. The average Bonchev–Trinajstić information content (AvgIpc) is 3.09. The van der Waals surface area contributed by atoms with Crippen molar-refractivity contribution in [2.45, 2.75) is 51.0 Å². The van der Waals surface area contributed by atoms with Gasteiger partial charge in [0, 0.05) is 6.04 Å². The smallest absolute Gasteiger partial charge is 0.0323 e. The van der Waals surface area contributed by atoms with E-state index in [1.165, 1.54) is 43.2 Å². The van der Waals surface area contributed by atoms with E-state index in [9.17, 15) is 0 Å². The summed E-state index contributed by atoms with van der Waals surface area (Å²) in [7, 11) is 0. The minimum atomic E-state index is 0.238. The molecule has 0 radical (unpaired) electrons. The Labute approximate surface area is 104 Å². The number of benzene rings is 1. The summed E-state index contributed by atoms with van der Waals surface area (Å²) in [4.78, 5) is 0. The lowest BCUT2D eigenvalue weighted by atomic mass is 9.79. The first-order valence-corrected chi connectivity index (χ1v) is 7.11. The van der Waals surface area contributed by atoms with Crippen molar-refractivity contribution in [3.05, 3.63) is 35.4 Å². The first-order chi connectivity index (χ1) is 8.25. The summed E-state index contributed by atoms with van der Waals surface area (Å²) >= 11 is 0. The summed E-state index contributed by atoms with van der Waals surface area (Å²) in [6.07, 6.45) is 6.92. The van der Waals surface area contributed by atoms with Gasteiger partial charge in [-0.3, -0.25) is 0 Å². The maximum Gasteiger partial charge on any atom is 0.0323 e. The van der Waals surface area contributed by atoms with E-state index in [1.807, 2.05) is 0 Å². The first-order valence-electron chi connectivity index (χ1n) is 7.11. The van der Waals surface area contributed by atoms with Gasteiger partial charge in [0.1, 0.15) is 0 Å². The molecule has 1 heteroatoms. The van der Waals surface area contributed by atoms with Crippen LogP contribution in [0.15, 0.2) is 24.3 Å². The standard InChI is InChI=1S/C16H23N/c1-11(12-8-9-12)16(17)15-7-3-6-14(10-15)13-4-2-5-13/h3,6-7,10-13,16H,2,4-5,8-9,17H2,1H3. The molecule has 2 fully saturated rings. The number of hydrogen-bond acceptors (Lipinski definition) is 1. The molecule has 2 saturated carbocycles. The van der Waals surface area contributed by atoms with Gasteiger partial charge in [-0.15, -0.1) is 0 Å². The Balaban J connectivity index is 1.76. The Hall–Kier alpha value is -0.820. The van der Waals surface area contributed by atoms with Gasteiger partial charge in [-0.2, -0.15) is 0 Å². The van der Waals surface area contributed by atoms with Crippen molar-refractivity contribution in [1.82, 2.24) is 0 Å². The van der Waals surface area contributed by atoms with Crippen LogP contribution in [0, 0.1) is 11.8 Å². The fourth-order valence-electron chi connectivity index (χ4n) is 2.98. The topological polar surface area (TPSA) is 26.0 Å². The summed E-state index contributed by atoms with van der Waals surface area (Å²) in [5.41, 5.74) is 9.28. The highest BCUT2D eigenvalue weighted by Crippen LogP contribution is 2.42. The minimum Gasteiger partial charge on any atom is -0.324 e. The Morgan fingerprint density at radius 2 is 1.94 bits per heavy atom. The second-order valence-corrected chi connectivity index (χ2v) is 6.02. The van der Waals surface area contributed by atoms with Crippen LogP contribution in [-0.2, 0) is 0 Å². The van der Waals surface area contributed by atoms with Crippen molar-refractivity contribution in [3.8, 4) is 0 Å². The SMILES string of the molecule is CC(C1CC1)C(N)c1cccc(C2CCC2)c1. The fraction of sp³-hybridized carbons (Fsp3) is 0.625. The van der Waals surface area contributed by atoms with Gasteiger partial charge in [-0.1, -0.05) is 37.6 Å². The Morgan fingerprint density at radius 3 is 2.53 bits per heavy atom. The van der Waals surface area contributed by atoms with Crippen molar-refractivity contribution < 1.29 is 0 Å². The highest BCUT2D eigenvalue weighted by atomic mass is 14.7. The fourth-order valence-corrected chi connectivity index (χ4v) is 2.98. The van der Waals surface area contributed by atoms with Crippen molar-refractivity contribution in [1.29, 1.82) is 0 Å². The molecule has 2 N–H and O–H groups in total. The maximum absolute atomic E-state index is 6.41. The van der Waals surface area contributed by atoms with Crippen LogP contribution < -0.4 is 5.73 Å². The summed E-state index contributed by atoms with van der Waals surface area (Å²) in [5, 5.41) is 0. The van der Waals surface area contributed by atoms with Crippen LogP contribution in [-0.4, -0.2) is 0 Å². The molecule has 0 amide bonds. The molecule has 2 aliphatic rings. The zero-order chi connectivity index (χ0) is 11.8. The molecule has 0 bridgehead atoms. The van der Waals surface area contributed by atoms with Crippen LogP contribution in [0.3, 0.4) is 0 Å². The zero-order valence-corrected chi connectivity index (χ0v) is 10.7. The minimum absolute atomic E-state index is 0.238. The quantitative estimate of drug-likeness (QED) is 0.829. The molecular formula is C16H23N. The molecule has 1 aromatic rings. The predicted octanol–water partition coefficient (Wildman–Crippen LogP) is 4.00. The van der Waals surface area contributed by atoms with E-state index in [-0.39, 0.29) is 6.04 Å². The van der Waals surface area contributed by atoms with Crippen LogP contribution in [0.4, 0.5) is 0 Å². The number of rotatable bonds is 4. The van der Waals surface area contributed by atoms with Crippen molar-refractivity contribution >= 4 is 0 Å². The molecule has 0 saturated heterocycles. The molecule has 0 aliphatic heterocycles. The van der Waals surface area contributed by atoms with Crippen molar-refractivity contribution in [2.24, 2.45) is 17.6 Å². The van der Waals surface area contributed by atoms with E-state index in [1.54, 1.807) is 0 Å². The van der Waals surface area contributed by atoms with E-state index >= 15 is 0 Å². The van der Waals surface area contributed by atoms with E-state index in [4.69, 9.17) is 5.73 Å². The van der Waals surface area contributed by atoms with Crippen molar-refractivity contribution in [3.63, 3.8) is 0 Å². The molecule has 1 nitrogen and oxygen atoms in total. The summed E-state index contributed by atoms with van der Waals surface area (Å²) in [6, 6.07) is 9.30. The maximum atomic E-state index is 6.41. The normalized spacial score (nSPS) is 24.1. The van der Waals surface area contributed by atoms with Crippen LogP contribution in [0.1, 0.15) is 62.1 Å². The first kappa shape index (κ1) is 11.3. The molecule has 92 valence electrons. The summed E-state index contributed by atoms with van der Waals surface area (Å²) in [5.74, 6) is 2.35.